The molecular formula is C16H12O4. The molecule has 2 aromatic rings. The number of Topliss-reactive ketones (excluding diaryl/α,β-unsaturated/α-hetero) is 1. The van der Waals surface area contributed by atoms with Gasteiger partial charge in [0, 0.05) is 6.07 Å². The van der Waals surface area contributed by atoms with Crippen molar-refractivity contribution in [3.05, 3.63) is 63.7 Å². The van der Waals surface area contributed by atoms with Gasteiger partial charge in [-0.05, 0) is 24.1 Å². The van der Waals surface area contributed by atoms with Crippen LogP contribution in [-0.4, -0.2) is 12.4 Å². The van der Waals surface area contributed by atoms with Crippen LogP contribution >= 0.6 is 0 Å². The van der Waals surface area contributed by atoms with E-state index in [0.29, 0.717) is 11.5 Å². The molecule has 0 N–H and O–H groups in total. The SMILES string of the molecule is C/C(=C\c1cc2c(c(=O)o1)C(=O)CO2)c1ccccc1. The number of carbonyl (C=O) groups excluding carboxylic acids is 1. The number of hydrogen-bond acceptors (Lipinski definition) is 4. The van der Waals surface area contributed by atoms with Crippen molar-refractivity contribution in [3.63, 3.8) is 0 Å². The molecule has 1 aromatic heterocycles. The number of carbonyl (C=O) groups is 1. The van der Waals surface area contributed by atoms with Crippen LogP contribution in [0.2, 0.25) is 0 Å². The first kappa shape index (κ1) is 12.4. The highest BCUT2D eigenvalue weighted by Gasteiger charge is 2.26. The van der Waals surface area contributed by atoms with Gasteiger partial charge in [0.15, 0.2) is 6.61 Å². The standard InChI is InChI=1S/C16H12O4/c1-10(11-5-3-2-4-6-11)7-12-8-14-15(16(18)20-12)13(17)9-19-14/h2-8H,9H2,1H3/b10-7+. The van der Waals surface area contributed by atoms with Crippen molar-refractivity contribution in [1.82, 2.24) is 0 Å². The fourth-order valence-corrected chi connectivity index (χ4v) is 2.14. The van der Waals surface area contributed by atoms with E-state index in [-0.39, 0.29) is 18.0 Å². The molecule has 0 atom stereocenters. The van der Waals surface area contributed by atoms with Gasteiger partial charge in [0.2, 0.25) is 5.78 Å². The molecule has 0 aliphatic carbocycles. The van der Waals surface area contributed by atoms with Gasteiger partial charge >= 0.3 is 5.63 Å². The number of allylic oxidation sites excluding steroid dienone is 1. The van der Waals surface area contributed by atoms with E-state index in [1.54, 1.807) is 12.1 Å². The fraction of sp³-hybridized carbons (Fsp3) is 0.125. The largest absolute Gasteiger partial charge is 0.484 e. The van der Waals surface area contributed by atoms with Crippen LogP contribution in [0, 0.1) is 0 Å². The van der Waals surface area contributed by atoms with Gasteiger partial charge in [-0.25, -0.2) is 4.79 Å². The Morgan fingerprint density at radius 3 is 2.70 bits per heavy atom. The fourth-order valence-electron chi connectivity index (χ4n) is 2.14. The normalized spacial score (nSPS) is 14.1. The van der Waals surface area contributed by atoms with Crippen molar-refractivity contribution >= 4 is 17.4 Å². The number of hydrogen-bond donors (Lipinski definition) is 0. The molecule has 0 fully saturated rings. The van der Waals surface area contributed by atoms with Gasteiger partial charge in [-0.2, -0.15) is 0 Å². The maximum absolute atomic E-state index is 11.8. The average Bonchev–Trinajstić information content (AvgIpc) is 2.81. The molecule has 0 radical (unpaired) electrons. The molecule has 100 valence electrons. The minimum atomic E-state index is -0.642. The monoisotopic (exact) mass is 268 g/mol. The summed E-state index contributed by atoms with van der Waals surface area (Å²) in [6.07, 6.45) is 1.75. The first-order valence-electron chi connectivity index (χ1n) is 6.23. The van der Waals surface area contributed by atoms with Crippen LogP contribution in [0.3, 0.4) is 0 Å². The summed E-state index contributed by atoms with van der Waals surface area (Å²) >= 11 is 0. The van der Waals surface area contributed by atoms with Crippen LogP contribution in [0.1, 0.15) is 28.6 Å². The lowest BCUT2D eigenvalue weighted by molar-refractivity contribution is 0.0959. The summed E-state index contributed by atoms with van der Waals surface area (Å²) in [6.45, 7) is 1.83. The van der Waals surface area contributed by atoms with Gasteiger partial charge in [0.25, 0.3) is 0 Å². The van der Waals surface area contributed by atoms with Gasteiger partial charge in [-0.15, -0.1) is 0 Å². The summed E-state index contributed by atoms with van der Waals surface area (Å²) in [6, 6.07) is 11.3. The summed E-state index contributed by atoms with van der Waals surface area (Å²) in [5, 5.41) is 0. The Balaban J connectivity index is 2.03. The molecule has 1 aliphatic rings. The molecule has 20 heavy (non-hydrogen) atoms. The highest BCUT2D eigenvalue weighted by Crippen LogP contribution is 2.25. The number of rotatable bonds is 2. The summed E-state index contributed by atoms with van der Waals surface area (Å²) in [4.78, 5) is 23.2. The Morgan fingerprint density at radius 2 is 1.95 bits per heavy atom. The summed E-state index contributed by atoms with van der Waals surface area (Å²) in [5.74, 6) is 0.354. The predicted molar refractivity (Wildman–Crippen MR) is 74.8 cm³/mol. The third-order valence-electron chi connectivity index (χ3n) is 3.16. The molecule has 0 saturated carbocycles. The number of benzene rings is 1. The molecule has 0 bridgehead atoms. The van der Waals surface area contributed by atoms with E-state index in [1.807, 2.05) is 37.3 Å². The van der Waals surface area contributed by atoms with Crippen LogP contribution in [0.4, 0.5) is 0 Å². The zero-order valence-electron chi connectivity index (χ0n) is 10.9. The first-order chi connectivity index (χ1) is 9.65. The highest BCUT2D eigenvalue weighted by molar-refractivity contribution is 6.01. The van der Waals surface area contributed by atoms with E-state index in [9.17, 15) is 9.59 Å². The zero-order chi connectivity index (χ0) is 14.1. The van der Waals surface area contributed by atoms with Crippen LogP contribution < -0.4 is 10.4 Å². The number of ether oxygens (including phenoxy) is 1. The van der Waals surface area contributed by atoms with Gasteiger partial charge < -0.3 is 9.15 Å². The maximum atomic E-state index is 11.8. The highest BCUT2D eigenvalue weighted by atomic mass is 16.5. The Labute approximate surface area is 115 Å². The second kappa shape index (κ2) is 4.81. The van der Waals surface area contributed by atoms with Crippen molar-refractivity contribution in [2.75, 3.05) is 6.61 Å². The van der Waals surface area contributed by atoms with E-state index in [2.05, 4.69) is 0 Å². The Bertz CT molecular complexity index is 754. The molecule has 0 amide bonds. The van der Waals surface area contributed by atoms with E-state index < -0.39 is 5.63 Å². The van der Waals surface area contributed by atoms with E-state index in [1.165, 1.54) is 0 Å². The lowest BCUT2D eigenvalue weighted by Gasteiger charge is -2.02. The molecule has 1 aliphatic heterocycles. The average molecular weight is 268 g/mol. The molecule has 0 saturated heterocycles. The maximum Gasteiger partial charge on any atom is 0.351 e. The molecule has 2 heterocycles. The predicted octanol–water partition coefficient (Wildman–Crippen LogP) is 2.78. The third-order valence-corrected chi connectivity index (χ3v) is 3.16. The molecule has 1 aromatic carbocycles. The van der Waals surface area contributed by atoms with Crippen LogP contribution in [0.25, 0.3) is 11.6 Å². The molecule has 4 nitrogen and oxygen atoms in total. The minimum absolute atomic E-state index is 0.0134. The van der Waals surface area contributed by atoms with Gasteiger partial charge in [-0.3, -0.25) is 4.79 Å². The Kier molecular flexibility index (Phi) is 2.99. The van der Waals surface area contributed by atoms with Crippen molar-refractivity contribution in [2.45, 2.75) is 6.92 Å². The molecule has 4 heteroatoms. The Morgan fingerprint density at radius 1 is 1.20 bits per heavy atom. The second-order valence-corrected chi connectivity index (χ2v) is 4.58. The van der Waals surface area contributed by atoms with Crippen LogP contribution in [0.15, 0.2) is 45.6 Å². The van der Waals surface area contributed by atoms with Gasteiger partial charge in [-0.1, -0.05) is 30.3 Å². The number of ketones is 1. The topological polar surface area (TPSA) is 56.5 Å². The molecule has 3 rings (SSSR count). The first-order valence-corrected chi connectivity index (χ1v) is 6.23. The zero-order valence-corrected chi connectivity index (χ0v) is 10.9. The number of fused-ring (bicyclic) bond motifs is 1. The van der Waals surface area contributed by atoms with Gasteiger partial charge in [0.05, 0.1) is 0 Å². The van der Waals surface area contributed by atoms with Crippen molar-refractivity contribution < 1.29 is 13.9 Å². The molecule has 0 unspecified atom stereocenters. The van der Waals surface area contributed by atoms with Crippen molar-refractivity contribution in [1.29, 1.82) is 0 Å². The quantitative estimate of drug-likeness (QED) is 0.840. The summed E-state index contributed by atoms with van der Waals surface area (Å²) < 4.78 is 10.3. The summed E-state index contributed by atoms with van der Waals surface area (Å²) in [5.41, 5.74) is 1.36. The third kappa shape index (κ3) is 2.16. The van der Waals surface area contributed by atoms with Crippen molar-refractivity contribution in [2.24, 2.45) is 0 Å². The molecule has 0 spiro atoms. The lowest BCUT2D eigenvalue weighted by Crippen LogP contribution is -2.11. The van der Waals surface area contributed by atoms with Crippen LogP contribution in [-0.2, 0) is 0 Å². The smallest absolute Gasteiger partial charge is 0.351 e. The van der Waals surface area contributed by atoms with Crippen molar-refractivity contribution in [3.8, 4) is 5.75 Å². The Hall–Kier alpha value is -2.62. The van der Waals surface area contributed by atoms with Gasteiger partial charge in [0.1, 0.15) is 17.1 Å². The van der Waals surface area contributed by atoms with Crippen LogP contribution in [0.5, 0.6) is 5.75 Å². The minimum Gasteiger partial charge on any atom is -0.484 e. The summed E-state index contributed by atoms with van der Waals surface area (Å²) in [7, 11) is 0. The lowest BCUT2D eigenvalue weighted by atomic mass is 10.1. The van der Waals surface area contributed by atoms with E-state index in [0.717, 1.165) is 11.1 Å². The van der Waals surface area contributed by atoms with E-state index in [4.69, 9.17) is 9.15 Å². The second-order valence-electron chi connectivity index (χ2n) is 4.58. The molecular weight excluding hydrogens is 256 g/mol. The van der Waals surface area contributed by atoms with E-state index >= 15 is 0 Å².